The molecule has 16 heavy (non-hydrogen) atoms. The number of likely N-dealkylation sites (tertiary alicyclic amines) is 1. The lowest BCUT2D eigenvalue weighted by molar-refractivity contribution is -0.203. The van der Waals surface area contributed by atoms with Gasteiger partial charge in [-0.3, -0.25) is 10.0 Å². The topological polar surface area (TPSA) is 71.0 Å². The molecule has 0 aromatic carbocycles. The first-order valence-corrected chi connectivity index (χ1v) is 5.58. The molecule has 2 N–H and O–H groups in total. The van der Waals surface area contributed by atoms with Crippen LogP contribution in [-0.4, -0.2) is 55.2 Å². The fraction of sp³-hybridized carbons (Fsp3) is 0.900. The molecule has 2 aliphatic heterocycles. The van der Waals surface area contributed by atoms with Gasteiger partial charge in [-0.15, -0.1) is 0 Å². The van der Waals surface area contributed by atoms with Gasteiger partial charge in [-0.1, -0.05) is 0 Å². The molecule has 1 spiro atoms. The molecule has 0 aromatic rings. The highest BCUT2D eigenvalue weighted by atomic mass is 16.7. The summed E-state index contributed by atoms with van der Waals surface area (Å²) in [5.74, 6) is -1.69. The van der Waals surface area contributed by atoms with E-state index in [1.807, 2.05) is 7.05 Å². The maximum absolute atomic E-state index is 11.6. The van der Waals surface area contributed by atoms with Crippen LogP contribution >= 0.6 is 0 Å². The zero-order chi connectivity index (χ0) is 11.6. The predicted octanol–water partition coefficient (Wildman–Crippen LogP) is -0.423. The van der Waals surface area contributed by atoms with Crippen LogP contribution in [0.25, 0.3) is 0 Å². The zero-order valence-corrected chi connectivity index (χ0v) is 9.44. The van der Waals surface area contributed by atoms with Crippen molar-refractivity contribution in [3.8, 4) is 0 Å². The first-order chi connectivity index (χ1) is 7.68. The molecule has 2 heterocycles. The number of hydrogen-bond donors (Lipinski definition) is 2. The third-order valence-corrected chi connectivity index (χ3v) is 3.38. The Morgan fingerprint density at radius 2 is 2.12 bits per heavy atom. The Hall–Kier alpha value is -0.690. The van der Waals surface area contributed by atoms with E-state index in [-0.39, 0.29) is 0 Å². The summed E-state index contributed by atoms with van der Waals surface area (Å²) in [4.78, 5) is 13.8. The van der Waals surface area contributed by atoms with Crippen molar-refractivity contribution in [2.24, 2.45) is 5.92 Å². The van der Waals surface area contributed by atoms with Gasteiger partial charge in [-0.25, -0.2) is 5.48 Å². The lowest BCUT2D eigenvalue weighted by atomic mass is 9.92. The quantitative estimate of drug-likeness (QED) is 0.473. The normalized spacial score (nSPS) is 30.2. The number of amides is 1. The maximum Gasteiger partial charge on any atom is 0.251 e. The highest BCUT2D eigenvalue weighted by Crippen LogP contribution is 2.36. The molecule has 2 rings (SSSR count). The van der Waals surface area contributed by atoms with E-state index in [0.717, 1.165) is 13.1 Å². The molecular weight excluding hydrogens is 212 g/mol. The van der Waals surface area contributed by atoms with Gasteiger partial charge in [0.1, 0.15) is 0 Å². The Bertz CT molecular complexity index is 266. The van der Waals surface area contributed by atoms with Crippen LogP contribution in [0.1, 0.15) is 12.8 Å². The van der Waals surface area contributed by atoms with E-state index in [9.17, 15) is 4.79 Å². The molecule has 92 valence electrons. The van der Waals surface area contributed by atoms with Gasteiger partial charge in [0.15, 0.2) is 5.79 Å². The molecule has 0 radical (unpaired) electrons. The lowest BCUT2D eigenvalue weighted by Gasteiger charge is -2.32. The molecule has 1 amide bonds. The Morgan fingerprint density at radius 3 is 2.75 bits per heavy atom. The van der Waals surface area contributed by atoms with E-state index in [0.29, 0.717) is 26.1 Å². The Morgan fingerprint density at radius 1 is 1.44 bits per heavy atom. The second-order valence-corrected chi connectivity index (χ2v) is 4.38. The Kier molecular flexibility index (Phi) is 3.44. The van der Waals surface area contributed by atoms with Gasteiger partial charge in [0.25, 0.3) is 5.91 Å². The lowest BCUT2D eigenvalue weighted by Crippen LogP contribution is -2.47. The van der Waals surface area contributed by atoms with Gasteiger partial charge in [0, 0.05) is 13.0 Å². The van der Waals surface area contributed by atoms with Gasteiger partial charge in [0.2, 0.25) is 0 Å². The van der Waals surface area contributed by atoms with Crippen molar-refractivity contribution < 1.29 is 19.5 Å². The molecule has 0 aliphatic carbocycles. The van der Waals surface area contributed by atoms with E-state index in [4.69, 9.17) is 14.7 Å². The van der Waals surface area contributed by atoms with Crippen LogP contribution in [0.3, 0.4) is 0 Å². The summed E-state index contributed by atoms with van der Waals surface area (Å²) in [5, 5.41) is 8.76. The summed E-state index contributed by atoms with van der Waals surface area (Å²) in [6.07, 6.45) is 1.28. The smallest absolute Gasteiger partial charge is 0.251 e. The van der Waals surface area contributed by atoms with Crippen molar-refractivity contribution in [3.63, 3.8) is 0 Å². The average Bonchev–Trinajstić information content (AvgIpc) is 2.69. The first kappa shape index (κ1) is 11.8. The van der Waals surface area contributed by atoms with Crippen LogP contribution in [0.2, 0.25) is 0 Å². The fourth-order valence-electron chi connectivity index (χ4n) is 2.43. The molecule has 0 saturated carbocycles. The molecule has 2 fully saturated rings. The number of carbonyl (C=O) groups excluding carboxylic acids is 1. The van der Waals surface area contributed by atoms with E-state index in [1.54, 1.807) is 5.48 Å². The Labute approximate surface area is 94.5 Å². The number of hydroxylamine groups is 1. The van der Waals surface area contributed by atoms with Crippen molar-refractivity contribution in [1.29, 1.82) is 0 Å². The average molecular weight is 230 g/mol. The van der Waals surface area contributed by atoms with Crippen LogP contribution in [0, 0.1) is 5.92 Å². The highest BCUT2D eigenvalue weighted by molar-refractivity contribution is 5.78. The van der Waals surface area contributed by atoms with Crippen molar-refractivity contribution in [2.75, 3.05) is 33.4 Å². The molecule has 1 unspecified atom stereocenters. The number of ether oxygens (including phenoxy) is 2. The summed E-state index contributed by atoms with van der Waals surface area (Å²) in [6.45, 7) is 2.65. The minimum atomic E-state index is -0.836. The van der Waals surface area contributed by atoms with Crippen LogP contribution < -0.4 is 5.48 Å². The summed E-state index contributed by atoms with van der Waals surface area (Å²) < 4.78 is 11.2. The number of hydrogen-bond acceptors (Lipinski definition) is 5. The van der Waals surface area contributed by atoms with Crippen LogP contribution in [0.5, 0.6) is 0 Å². The van der Waals surface area contributed by atoms with Crippen LogP contribution in [0.15, 0.2) is 0 Å². The van der Waals surface area contributed by atoms with Crippen molar-refractivity contribution in [1.82, 2.24) is 10.4 Å². The second-order valence-electron chi connectivity index (χ2n) is 4.38. The van der Waals surface area contributed by atoms with Gasteiger partial charge in [-0.05, 0) is 20.0 Å². The Balaban J connectivity index is 2.18. The molecule has 6 nitrogen and oxygen atoms in total. The second kappa shape index (κ2) is 4.67. The summed E-state index contributed by atoms with van der Waals surface area (Å²) in [5.41, 5.74) is 1.71. The van der Waals surface area contributed by atoms with Crippen molar-refractivity contribution in [3.05, 3.63) is 0 Å². The highest BCUT2D eigenvalue weighted by Gasteiger charge is 2.49. The largest absolute Gasteiger partial charge is 0.347 e. The number of rotatable bonds is 1. The van der Waals surface area contributed by atoms with E-state index >= 15 is 0 Å². The number of nitrogens with one attached hydrogen (secondary N) is 1. The van der Waals surface area contributed by atoms with Gasteiger partial charge >= 0.3 is 0 Å². The minimum absolute atomic E-state index is 0.419. The predicted molar refractivity (Wildman–Crippen MR) is 54.8 cm³/mol. The third kappa shape index (κ3) is 2.06. The van der Waals surface area contributed by atoms with Gasteiger partial charge in [-0.2, -0.15) is 0 Å². The summed E-state index contributed by atoms with van der Waals surface area (Å²) >= 11 is 0. The molecule has 0 bridgehead atoms. The van der Waals surface area contributed by atoms with Crippen molar-refractivity contribution in [2.45, 2.75) is 18.6 Å². The van der Waals surface area contributed by atoms with Gasteiger partial charge in [0.05, 0.1) is 19.1 Å². The maximum atomic E-state index is 11.6. The summed E-state index contributed by atoms with van der Waals surface area (Å²) in [6, 6.07) is 0. The molecule has 2 aliphatic rings. The minimum Gasteiger partial charge on any atom is -0.347 e. The van der Waals surface area contributed by atoms with Crippen molar-refractivity contribution >= 4 is 5.91 Å². The third-order valence-electron chi connectivity index (χ3n) is 3.38. The number of nitrogens with zero attached hydrogens (tertiary/aromatic N) is 1. The van der Waals surface area contributed by atoms with Crippen LogP contribution in [0.4, 0.5) is 0 Å². The zero-order valence-electron chi connectivity index (χ0n) is 9.44. The molecule has 1 atom stereocenters. The fourth-order valence-corrected chi connectivity index (χ4v) is 2.43. The van der Waals surface area contributed by atoms with Gasteiger partial charge < -0.3 is 14.4 Å². The molecular formula is C10H18N2O4. The summed E-state index contributed by atoms with van der Waals surface area (Å²) in [7, 11) is 2.00. The van der Waals surface area contributed by atoms with E-state index < -0.39 is 17.6 Å². The van der Waals surface area contributed by atoms with E-state index in [1.165, 1.54) is 0 Å². The monoisotopic (exact) mass is 230 g/mol. The number of carbonyl (C=O) groups is 1. The molecule has 2 saturated heterocycles. The van der Waals surface area contributed by atoms with E-state index in [2.05, 4.69) is 4.90 Å². The standard InChI is InChI=1S/C10H18N2O4/c1-12-4-2-8(9(13)11-14)10(3-5-12)15-6-7-16-10/h8,14H,2-7H2,1H3,(H,11,13). The molecule has 0 aromatic heterocycles. The SMILES string of the molecule is CN1CCC(C(=O)NO)C2(CC1)OCCO2. The molecule has 6 heteroatoms. The first-order valence-electron chi connectivity index (χ1n) is 5.58. The van der Waals surface area contributed by atoms with Crippen LogP contribution in [-0.2, 0) is 14.3 Å².